The summed E-state index contributed by atoms with van der Waals surface area (Å²) in [6, 6.07) is 0. The first-order valence-corrected chi connectivity index (χ1v) is 6.63. The maximum Gasteiger partial charge on any atom is 0.242 e. The second kappa shape index (κ2) is 6.87. The summed E-state index contributed by atoms with van der Waals surface area (Å²) in [6.07, 6.45) is 3.58. The van der Waals surface area contributed by atoms with Crippen LogP contribution in [0.3, 0.4) is 0 Å². The molecule has 2 amide bonds. The minimum atomic E-state index is -0.220. The summed E-state index contributed by atoms with van der Waals surface area (Å²) in [7, 11) is 1.51. The zero-order valence-electron chi connectivity index (χ0n) is 12.0. The summed E-state index contributed by atoms with van der Waals surface area (Å²) in [5.74, 6) is 0.412. The Morgan fingerprint density at radius 2 is 2.19 bits per heavy atom. The molecule has 2 rings (SSSR count). The molecule has 21 heavy (non-hydrogen) atoms. The minimum Gasteiger partial charge on any atom is -0.480 e. The molecule has 1 N–H and O–H groups in total. The third-order valence-corrected chi connectivity index (χ3v) is 3.07. The van der Waals surface area contributed by atoms with Crippen LogP contribution >= 0.6 is 0 Å². The molecule has 0 spiro atoms. The Morgan fingerprint density at radius 3 is 2.90 bits per heavy atom. The van der Waals surface area contributed by atoms with Gasteiger partial charge in [-0.05, 0) is 0 Å². The molecule has 8 heteroatoms. The molecule has 1 atom stereocenters. The van der Waals surface area contributed by atoms with E-state index < -0.39 is 0 Å². The van der Waals surface area contributed by atoms with Gasteiger partial charge in [-0.25, -0.2) is 0 Å². The molecule has 0 aromatic carbocycles. The first kappa shape index (κ1) is 15.0. The number of likely N-dealkylation sites (tertiary alicyclic amines) is 1. The van der Waals surface area contributed by atoms with Crippen molar-refractivity contribution in [1.82, 2.24) is 20.2 Å². The fourth-order valence-electron chi connectivity index (χ4n) is 2.02. The van der Waals surface area contributed by atoms with Crippen LogP contribution in [0.1, 0.15) is 13.3 Å². The van der Waals surface area contributed by atoms with E-state index in [9.17, 15) is 9.59 Å². The average molecular weight is 294 g/mol. The zero-order chi connectivity index (χ0) is 15.2. The molecule has 1 aromatic heterocycles. The van der Waals surface area contributed by atoms with Crippen molar-refractivity contribution in [1.29, 1.82) is 0 Å². The third-order valence-electron chi connectivity index (χ3n) is 3.07. The molecular formula is C13H18N4O4. The van der Waals surface area contributed by atoms with Crippen LogP contribution in [0.5, 0.6) is 11.8 Å². The summed E-state index contributed by atoms with van der Waals surface area (Å²) in [6.45, 7) is 2.46. The molecule has 1 fully saturated rings. The Balaban J connectivity index is 1.84. The lowest BCUT2D eigenvalue weighted by Gasteiger charge is -2.17. The van der Waals surface area contributed by atoms with Gasteiger partial charge in [-0.1, -0.05) is 0 Å². The van der Waals surface area contributed by atoms with Crippen LogP contribution in [-0.2, 0) is 9.59 Å². The van der Waals surface area contributed by atoms with Gasteiger partial charge in [0, 0.05) is 19.9 Å². The third kappa shape index (κ3) is 4.30. The van der Waals surface area contributed by atoms with E-state index in [1.165, 1.54) is 26.4 Å². The number of hydrogen-bond donors (Lipinski definition) is 1. The highest BCUT2D eigenvalue weighted by Gasteiger charge is 2.27. The lowest BCUT2D eigenvalue weighted by atomic mass is 10.3. The summed E-state index contributed by atoms with van der Waals surface area (Å²) in [5, 5.41) is 2.49. The maximum absolute atomic E-state index is 11.9. The van der Waals surface area contributed by atoms with E-state index in [0.29, 0.717) is 31.3 Å². The normalized spacial score (nSPS) is 17.4. The largest absolute Gasteiger partial charge is 0.480 e. The second-order valence-electron chi connectivity index (χ2n) is 4.68. The summed E-state index contributed by atoms with van der Waals surface area (Å²) < 4.78 is 10.7. The summed E-state index contributed by atoms with van der Waals surface area (Å²) >= 11 is 0. The summed E-state index contributed by atoms with van der Waals surface area (Å²) in [4.78, 5) is 32.4. The van der Waals surface area contributed by atoms with Gasteiger partial charge < -0.3 is 19.7 Å². The van der Waals surface area contributed by atoms with Crippen molar-refractivity contribution in [3.05, 3.63) is 12.4 Å². The number of aromatic nitrogens is 2. The molecule has 0 aliphatic carbocycles. The van der Waals surface area contributed by atoms with Crippen LogP contribution in [0.25, 0.3) is 0 Å². The van der Waals surface area contributed by atoms with E-state index in [1.54, 1.807) is 4.90 Å². The van der Waals surface area contributed by atoms with E-state index in [2.05, 4.69) is 15.3 Å². The lowest BCUT2D eigenvalue weighted by Crippen LogP contribution is -2.39. The quantitative estimate of drug-likeness (QED) is 0.794. The van der Waals surface area contributed by atoms with Gasteiger partial charge in [-0.2, -0.15) is 4.98 Å². The number of amides is 2. The van der Waals surface area contributed by atoms with Gasteiger partial charge in [0.1, 0.15) is 6.10 Å². The summed E-state index contributed by atoms with van der Waals surface area (Å²) in [5.41, 5.74) is 0. The molecule has 1 aromatic rings. The van der Waals surface area contributed by atoms with Crippen LogP contribution in [-0.4, -0.2) is 59.5 Å². The SMILES string of the molecule is COc1cncc(OC2CCN(C(=O)CNC(C)=O)C2)n1. The molecule has 0 saturated carbocycles. The number of nitrogens with one attached hydrogen (secondary N) is 1. The first-order chi connectivity index (χ1) is 10.1. The number of nitrogens with zero attached hydrogens (tertiary/aromatic N) is 3. The lowest BCUT2D eigenvalue weighted by molar-refractivity contribution is -0.131. The van der Waals surface area contributed by atoms with Crippen molar-refractivity contribution in [2.24, 2.45) is 0 Å². The standard InChI is InChI=1S/C13H18N4O4/c1-9(18)15-7-13(19)17-4-3-10(8-17)21-12-6-14-5-11(16-12)20-2/h5-6,10H,3-4,7-8H2,1-2H3,(H,15,18). The van der Waals surface area contributed by atoms with Gasteiger partial charge in [0.05, 0.1) is 32.6 Å². The van der Waals surface area contributed by atoms with Gasteiger partial charge in [0.25, 0.3) is 0 Å². The molecule has 1 unspecified atom stereocenters. The number of ether oxygens (including phenoxy) is 2. The highest BCUT2D eigenvalue weighted by Crippen LogP contribution is 2.17. The molecule has 1 aliphatic heterocycles. The van der Waals surface area contributed by atoms with Gasteiger partial charge in [0.2, 0.25) is 23.6 Å². The van der Waals surface area contributed by atoms with Crippen molar-refractivity contribution >= 4 is 11.8 Å². The topological polar surface area (TPSA) is 93.7 Å². The van der Waals surface area contributed by atoms with Crippen LogP contribution in [0, 0.1) is 0 Å². The van der Waals surface area contributed by atoms with Crippen molar-refractivity contribution in [2.75, 3.05) is 26.7 Å². The van der Waals surface area contributed by atoms with Crippen molar-refractivity contribution in [2.45, 2.75) is 19.4 Å². The Morgan fingerprint density at radius 1 is 1.43 bits per heavy atom. The molecule has 2 heterocycles. The van der Waals surface area contributed by atoms with Crippen LogP contribution < -0.4 is 14.8 Å². The van der Waals surface area contributed by atoms with Crippen LogP contribution in [0.4, 0.5) is 0 Å². The molecule has 114 valence electrons. The minimum absolute atomic E-state index is 0.0149. The fourth-order valence-corrected chi connectivity index (χ4v) is 2.02. The number of rotatable bonds is 5. The van der Waals surface area contributed by atoms with E-state index >= 15 is 0 Å². The van der Waals surface area contributed by atoms with Gasteiger partial charge in [-0.15, -0.1) is 0 Å². The van der Waals surface area contributed by atoms with Crippen molar-refractivity contribution < 1.29 is 19.1 Å². The van der Waals surface area contributed by atoms with E-state index in [0.717, 1.165) is 0 Å². The van der Waals surface area contributed by atoms with Crippen molar-refractivity contribution in [3.63, 3.8) is 0 Å². The molecule has 8 nitrogen and oxygen atoms in total. The highest BCUT2D eigenvalue weighted by molar-refractivity contribution is 5.83. The van der Waals surface area contributed by atoms with Crippen molar-refractivity contribution in [3.8, 4) is 11.8 Å². The predicted molar refractivity (Wildman–Crippen MR) is 72.9 cm³/mol. The smallest absolute Gasteiger partial charge is 0.242 e. The molecular weight excluding hydrogens is 276 g/mol. The molecule has 1 aliphatic rings. The number of carbonyl (C=O) groups is 2. The Kier molecular flexibility index (Phi) is 4.91. The van der Waals surface area contributed by atoms with Gasteiger partial charge in [0.15, 0.2) is 0 Å². The molecule has 0 radical (unpaired) electrons. The Labute approximate surface area is 122 Å². The van der Waals surface area contributed by atoms with Crippen LogP contribution in [0.15, 0.2) is 12.4 Å². The Hall–Kier alpha value is -2.38. The van der Waals surface area contributed by atoms with Gasteiger partial charge >= 0.3 is 0 Å². The van der Waals surface area contributed by atoms with Crippen LogP contribution in [0.2, 0.25) is 0 Å². The van der Waals surface area contributed by atoms with Gasteiger partial charge in [-0.3, -0.25) is 14.6 Å². The zero-order valence-corrected chi connectivity index (χ0v) is 12.0. The average Bonchev–Trinajstić information content (AvgIpc) is 2.93. The van der Waals surface area contributed by atoms with E-state index in [4.69, 9.17) is 9.47 Å². The van der Waals surface area contributed by atoms with E-state index in [-0.39, 0.29) is 24.5 Å². The monoisotopic (exact) mass is 294 g/mol. The molecule has 0 bridgehead atoms. The number of carbonyl (C=O) groups excluding carboxylic acids is 2. The fraction of sp³-hybridized carbons (Fsp3) is 0.538. The second-order valence-corrected chi connectivity index (χ2v) is 4.68. The van der Waals surface area contributed by atoms with E-state index in [1.807, 2.05) is 0 Å². The highest BCUT2D eigenvalue weighted by atomic mass is 16.5. The number of methoxy groups -OCH3 is 1. The maximum atomic E-state index is 11.9. The first-order valence-electron chi connectivity index (χ1n) is 6.63. The Bertz CT molecular complexity index is 523. The predicted octanol–water partition coefficient (Wildman–Crippen LogP) is -0.399. The molecule has 1 saturated heterocycles. The number of hydrogen-bond acceptors (Lipinski definition) is 6.